The van der Waals surface area contributed by atoms with E-state index in [-0.39, 0.29) is 10.6 Å². The van der Waals surface area contributed by atoms with Gasteiger partial charge < -0.3 is 9.72 Å². The SMILES string of the molecule is O=c1c(Cl)c(NCc2cn3ccccc3n2)cnn1-c1ccccc1. The number of pyridine rings is 1. The van der Waals surface area contributed by atoms with Crippen molar-refractivity contribution in [2.24, 2.45) is 0 Å². The lowest BCUT2D eigenvalue weighted by molar-refractivity contribution is 0.807. The van der Waals surface area contributed by atoms with Crippen molar-refractivity contribution in [2.75, 3.05) is 5.32 Å². The Morgan fingerprint density at radius 1 is 1.08 bits per heavy atom. The van der Waals surface area contributed by atoms with Gasteiger partial charge >= 0.3 is 0 Å². The number of fused-ring (bicyclic) bond motifs is 1. The Morgan fingerprint density at radius 2 is 1.88 bits per heavy atom. The molecule has 0 spiro atoms. The first-order chi connectivity index (χ1) is 12.2. The molecule has 6 nitrogen and oxygen atoms in total. The molecule has 0 atom stereocenters. The molecule has 0 radical (unpaired) electrons. The maximum atomic E-state index is 12.5. The largest absolute Gasteiger partial charge is 0.377 e. The van der Waals surface area contributed by atoms with Crippen LogP contribution in [0.4, 0.5) is 5.69 Å². The molecule has 0 saturated carbocycles. The van der Waals surface area contributed by atoms with Crippen LogP contribution >= 0.6 is 11.6 Å². The molecule has 0 fully saturated rings. The standard InChI is InChI=1S/C18H14ClN5O/c19-17-15(11-21-24(18(17)25)14-6-2-1-3-7-14)20-10-13-12-23-9-5-4-8-16(23)22-13/h1-9,11-12,20H,10H2. The fourth-order valence-electron chi connectivity index (χ4n) is 2.57. The summed E-state index contributed by atoms with van der Waals surface area (Å²) in [6.45, 7) is 0.442. The van der Waals surface area contributed by atoms with Gasteiger partial charge in [0, 0.05) is 12.4 Å². The molecule has 3 heterocycles. The number of hydrogen-bond acceptors (Lipinski definition) is 4. The van der Waals surface area contributed by atoms with Crippen LogP contribution in [0, 0.1) is 0 Å². The van der Waals surface area contributed by atoms with Crippen LogP contribution in [0.2, 0.25) is 5.02 Å². The van der Waals surface area contributed by atoms with Crippen LogP contribution in [0.3, 0.4) is 0 Å². The van der Waals surface area contributed by atoms with E-state index in [0.717, 1.165) is 11.3 Å². The minimum atomic E-state index is -0.368. The van der Waals surface area contributed by atoms with E-state index in [0.29, 0.717) is 17.9 Å². The Bertz CT molecular complexity index is 1050. The average molecular weight is 352 g/mol. The third-order valence-electron chi connectivity index (χ3n) is 3.79. The summed E-state index contributed by atoms with van der Waals surface area (Å²) in [6, 6.07) is 15.0. The fourth-order valence-corrected chi connectivity index (χ4v) is 2.76. The van der Waals surface area contributed by atoms with Crippen molar-refractivity contribution >= 4 is 22.9 Å². The van der Waals surface area contributed by atoms with Crippen molar-refractivity contribution in [3.05, 3.63) is 88.2 Å². The van der Waals surface area contributed by atoms with Gasteiger partial charge in [-0.05, 0) is 24.3 Å². The molecule has 0 unspecified atom stereocenters. The van der Waals surface area contributed by atoms with Gasteiger partial charge in [-0.25, -0.2) is 4.98 Å². The highest BCUT2D eigenvalue weighted by Gasteiger charge is 2.11. The molecule has 4 rings (SSSR count). The lowest BCUT2D eigenvalue weighted by Gasteiger charge is -2.09. The monoisotopic (exact) mass is 351 g/mol. The summed E-state index contributed by atoms with van der Waals surface area (Å²) >= 11 is 6.23. The Morgan fingerprint density at radius 3 is 2.68 bits per heavy atom. The van der Waals surface area contributed by atoms with E-state index in [4.69, 9.17) is 11.6 Å². The van der Waals surface area contributed by atoms with Crippen LogP contribution in [0.15, 0.2) is 71.9 Å². The van der Waals surface area contributed by atoms with Gasteiger partial charge in [0.2, 0.25) is 0 Å². The van der Waals surface area contributed by atoms with Gasteiger partial charge in [0.05, 0.1) is 29.8 Å². The quantitative estimate of drug-likeness (QED) is 0.613. The zero-order valence-corrected chi connectivity index (χ0v) is 13.9. The molecule has 7 heteroatoms. The lowest BCUT2D eigenvalue weighted by Crippen LogP contribution is -2.22. The number of para-hydroxylation sites is 1. The van der Waals surface area contributed by atoms with E-state index in [2.05, 4.69) is 15.4 Å². The molecular weight excluding hydrogens is 338 g/mol. The third-order valence-corrected chi connectivity index (χ3v) is 4.16. The van der Waals surface area contributed by atoms with Crippen LogP contribution < -0.4 is 10.9 Å². The number of nitrogens with zero attached hydrogens (tertiary/aromatic N) is 4. The van der Waals surface area contributed by atoms with Gasteiger partial charge in [0.25, 0.3) is 5.56 Å². The van der Waals surface area contributed by atoms with Crippen molar-refractivity contribution in [3.63, 3.8) is 0 Å². The molecule has 25 heavy (non-hydrogen) atoms. The Hall–Kier alpha value is -3.12. The molecular formula is C18H14ClN5O. The maximum absolute atomic E-state index is 12.5. The summed E-state index contributed by atoms with van der Waals surface area (Å²) in [7, 11) is 0. The molecule has 0 amide bonds. The highest BCUT2D eigenvalue weighted by Crippen LogP contribution is 2.17. The Labute approximate surface area is 148 Å². The minimum Gasteiger partial charge on any atom is -0.377 e. The number of halogens is 1. The van der Waals surface area contributed by atoms with Crippen molar-refractivity contribution in [3.8, 4) is 5.69 Å². The number of imidazole rings is 1. The van der Waals surface area contributed by atoms with Crippen LogP contribution in [0.1, 0.15) is 5.69 Å². The second-order valence-corrected chi connectivity index (χ2v) is 5.85. The summed E-state index contributed by atoms with van der Waals surface area (Å²) in [5.41, 5.74) is 2.49. The summed E-state index contributed by atoms with van der Waals surface area (Å²) in [4.78, 5) is 16.9. The van der Waals surface area contributed by atoms with Crippen molar-refractivity contribution in [2.45, 2.75) is 6.54 Å². The van der Waals surface area contributed by atoms with E-state index >= 15 is 0 Å². The highest BCUT2D eigenvalue weighted by atomic mass is 35.5. The molecule has 0 aliphatic heterocycles. The van der Waals surface area contributed by atoms with E-state index in [1.54, 1.807) is 18.3 Å². The molecule has 0 saturated heterocycles. The third kappa shape index (κ3) is 2.99. The van der Waals surface area contributed by atoms with E-state index in [1.165, 1.54) is 4.68 Å². The predicted molar refractivity (Wildman–Crippen MR) is 97.4 cm³/mol. The predicted octanol–water partition coefficient (Wildman–Crippen LogP) is 3.15. The summed E-state index contributed by atoms with van der Waals surface area (Å²) in [5.74, 6) is 0. The van der Waals surface area contributed by atoms with Crippen molar-refractivity contribution in [1.29, 1.82) is 0 Å². The number of rotatable bonds is 4. The summed E-state index contributed by atoms with van der Waals surface area (Å²) < 4.78 is 3.21. The molecule has 1 aromatic carbocycles. The van der Waals surface area contributed by atoms with Crippen LogP contribution in [0.5, 0.6) is 0 Å². The zero-order valence-electron chi connectivity index (χ0n) is 13.1. The van der Waals surface area contributed by atoms with Gasteiger partial charge in [-0.2, -0.15) is 9.78 Å². The van der Waals surface area contributed by atoms with Gasteiger partial charge in [-0.1, -0.05) is 35.9 Å². The smallest absolute Gasteiger partial charge is 0.292 e. The Balaban J connectivity index is 1.59. The second kappa shape index (κ2) is 6.41. The van der Waals surface area contributed by atoms with Crippen molar-refractivity contribution < 1.29 is 0 Å². The molecule has 0 bridgehead atoms. The normalized spacial score (nSPS) is 10.9. The van der Waals surface area contributed by atoms with E-state index in [9.17, 15) is 4.79 Å². The molecule has 124 valence electrons. The van der Waals surface area contributed by atoms with Gasteiger partial charge in [-0.3, -0.25) is 4.79 Å². The molecule has 4 aromatic rings. The van der Waals surface area contributed by atoms with E-state index in [1.807, 2.05) is 53.2 Å². The number of anilines is 1. The number of hydrogen-bond donors (Lipinski definition) is 1. The molecule has 0 aliphatic carbocycles. The maximum Gasteiger partial charge on any atom is 0.292 e. The van der Waals surface area contributed by atoms with E-state index < -0.39 is 0 Å². The molecule has 1 N–H and O–H groups in total. The fraction of sp³-hybridized carbons (Fsp3) is 0.0556. The first kappa shape index (κ1) is 15.4. The molecule has 0 aliphatic rings. The van der Waals surface area contributed by atoms with Gasteiger partial charge in [-0.15, -0.1) is 0 Å². The lowest BCUT2D eigenvalue weighted by atomic mass is 10.3. The first-order valence-corrected chi connectivity index (χ1v) is 8.10. The number of aromatic nitrogens is 4. The highest BCUT2D eigenvalue weighted by molar-refractivity contribution is 6.32. The van der Waals surface area contributed by atoms with Gasteiger partial charge in [0.15, 0.2) is 0 Å². The number of benzene rings is 1. The Kier molecular flexibility index (Phi) is 3.95. The van der Waals surface area contributed by atoms with Crippen molar-refractivity contribution in [1.82, 2.24) is 19.2 Å². The topological polar surface area (TPSA) is 64.2 Å². The van der Waals surface area contributed by atoms with Gasteiger partial charge in [0.1, 0.15) is 10.7 Å². The van der Waals surface area contributed by atoms with Crippen LogP contribution in [-0.2, 0) is 6.54 Å². The summed E-state index contributed by atoms with van der Waals surface area (Å²) in [5, 5.41) is 7.42. The van der Waals surface area contributed by atoms with Crippen LogP contribution in [-0.4, -0.2) is 19.2 Å². The minimum absolute atomic E-state index is 0.0996. The second-order valence-electron chi connectivity index (χ2n) is 5.48. The zero-order chi connectivity index (χ0) is 17.2. The van der Waals surface area contributed by atoms with Crippen LogP contribution in [0.25, 0.3) is 11.3 Å². The first-order valence-electron chi connectivity index (χ1n) is 7.72. The molecule has 3 aromatic heterocycles. The average Bonchev–Trinajstić information content (AvgIpc) is 3.06. The summed E-state index contributed by atoms with van der Waals surface area (Å²) in [6.07, 6.45) is 5.41. The number of nitrogens with one attached hydrogen (secondary N) is 1.